The highest BCUT2D eigenvalue weighted by molar-refractivity contribution is 6.01. The van der Waals surface area contributed by atoms with Gasteiger partial charge in [0.1, 0.15) is 11.5 Å². The zero-order valence-corrected chi connectivity index (χ0v) is 15.3. The number of ether oxygens (including phenoxy) is 1. The lowest BCUT2D eigenvalue weighted by atomic mass is 10.0. The molecule has 1 saturated heterocycles. The minimum atomic E-state index is -0.0189. The SMILES string of the molecule is COc1cc2ccccc2cc1C(=O)N1CCN(c2ccccc2O)CC1. The Kier molecular flexibility index (Phi) is 4.59. The number of aromatic hydroxyl groups is 1. The van der Waals surface area contributed by atoms with Crippen LogP contribution in [0.4, 0.5) is 5.69 Å². The van der Waals surface area contributed by atoms with Gasteiger partial charge in [0.05, 0.1) is 18.4 Å². The predicted octanol–water partition coefficient (Wildman–Crippen LogP) is 3.52. The second kappa shape index (κ2) is 7.19. The van der Waals surface area contributed by atoms with E-state index in [1.54, 1.807) is 13.2 Å². The number of carbonyl (C=O) groups excluding carboxylic acids is 1. The first kappa shape index (κ1) is 17.2. The Labute approximate surface area is 158 Å². The van der Waals surface area contributed by atoms with Gasteiger partial charge in [0.25, 0.3) is 5.91 Å². The molecule has 0 saturated carbocycles. The Morgan fingerprint density at radius 2 is 1.56 bits per heavy atom. The minimum Gasteiger partial charge on any atom is -0.506 e. The van der Waals surface area contributed by atoms with Crippen LogP contribution in [0, 0.1) is 0 Å². The molecule has 5 nitrogen and oxygen atoms in total. The molecule has 0 unspecified atom stereocenters. The molecule has 1 aliphatic heterocycles. The van der Waals surface area contributed by atoms with Crippen LogP contribution in [0.25, 0.3) is 10.8 Å². The molecule has 0 bridgehead atoms. The van der Waals surface area contributed by atoms with Gasteiger partial charge in [-0.15, -0.1) is 0 Å². The third kappa shape index (κ3) is 3.28. The molecule has 0 spiro atoms. The molecule has 4 rings (SSSR count). The summed E-state index contributed by atoms with van der Waals surface area (Å²) in [6.07, 6.45) is 0. The summed E-state index contributed by atoms with van der Waals surface area (Å²) in [7, 11) is 1.59. The number of anilines is 1. The minimum absolute atomic E-state index is 0.0189. The van der Waals surface area contributed by atoms with Crippen molar-refractivity contribution in [2.45, 2.75) is 0 Å². The summed E-state index contributed by atoms with van der Waals surface area (Å²) >= 11 is 0. The van der Waals surface area contributed by atoms with Crippen molar-refractivity contribution in [3.05, 3.63) is 66.2 Å². The summed E-state index contributed by atoms with van der Waals surface area (Å²) in [6, 6.07) is 19.1. The molecule has 0 radical (unpaired) electrons. The van der Waals surface area contributed by atoms with E-state index in [0.717, 1.165) is 16.5 Å². The van der Waals surface area contributed by atoms with Crippen molar-refractivity contribution in [2.24, 2.45) is 0 Å². The van der Waals surface area contributed by atoms with Gasteiger partial charge in [-0.25, -0.2) is 0 Å². The summed E-state index contributed by atoms with van der Waals surface area (Å²) in [6.45, 7) is 2.56. The number of carbonyl (C=O) groups is 1. The lowest BCUT2D eigenvalue weighted by molar-refractivity contribution is 0.0743. The largest absolute Gasteiger partial charge is 0.506 e. The number of methoxy groups -OCH3 is 1. The van der Waals surface area contributed by atoms with Gasteiger partial charge < -0.3 is 19.6 Å². The number of fused-ring (bicyclic) bond motifs is 1. The quantitative estimate of drug-likeness (QED) is 0.775. The number of piperazine rings is 1. The average Bonchev–Trinajstić information content (AvgIpc) is 2.72. The number of hydrogen-bond acceptors (Lipinski definition) is 4. The van der Waals surface area contributed by atoms with Gasteiger partial charge in [-0.05, 0) is 35.0 Å². The molecule has 1 fully saturated rings. The normalized spacial score (nSPS) is 14.4. The highest BCUT2D eigenvalue weighted by Gasteiger charge is 2.25. The Hall–Kier alpha value is -3.21. The molecule has 1 N–H and O–H groups in total. The van der Waals surface area contributed by atoms with E-state index in [1.807, 2.05) is 59.5 Å². The molecule has 27 heavy (non-hydrogen) atoms. The Morgan fingerprint density at radius 1 is 0.926 bits per heavy atom. The molecular weight excluding hydrogens is 340 g/mol. The Morgan fingerprint density at radius 3 is 2.22 bits per heavy atom. The first-order chi connectivity index (χ1) is 13.2. The molecule has 1 aliphatic rings. The van der Waals surface area contributed by atoms with Gasteiger partial charge in [0, 0.05) is 26.2 Å². The van der Waals surface area contributed by atoms with Crippen molar-refractivity contribution in [1.29, 1.82) is 0 Å². The smallest absolute Gasteiger partial charge is 0.257 e. The van der Waals surface area contributed by atoms with E-state index >= 15 is 0 Å². The Bertz CT molecular complexity index is 978. The van der Waals surface area contributed by atoms with Crippen LogP contribution in [0.3, 0.4) is 0 Å². The monoisotopic (exact) mass is 362 g/mol. The first-order valence-electron chi connectivity index (χ1n) is 9.06. The molecule has 0 atom stereocenters. The summed E-state index contributed by atoms with van der Waals surface area (Å²) in [5, 5.41) is 12.1. The highest BCUT2D eigenvalue weighted by atomic mass is 16.5. The summed E-state index contributed by atoms with van der Waals surface area (Å²) in [5.74, 6) is 0.852. The zero-order chi connectivity index (χ0) is 18.8. The Balaban J connectivity index is 1.54. The number of phenols is 1. The number of hydrogen-bond donors (Lipinski definition) is 1. The average molecular weight is 362 g/mol. The van der Waals surface area contributed by atoms with Crippen LogP contribution in [0.2, 0.25) is 0 Å². The van der Waals surface area contributed by atoms with E-state index in [0.29, 0.717) is 37.5 Å². The third-order valence-corrected chi connectivity index (χ3v) is 5.09. The number of rotatable bonds is 3. The number of nitrogens with zero attached hydrogens (tertiary/aromatic N) is 2. The molecular formula is C22H22N2O3. The van der Waals surface area contributed by atoms with Crippen molar-refractivity contribution in [2.75, 3.05) is 38.2 Å². The highest BCUT2D eigenvalue weighted by Crippen LogP contribution is 2.29. The van der Waals surface area contributed by atoms with Crippen LogP contribution < -0.4 is 9.64 Å². The van der Waals surface area contributed by atoms with Crippen molar-refractivity contribution in [1.82, 2.24) is 4.90 Å². The second-order valence-corrected chi connectivity index (χ2v) is 6.67. The topological polar surface area (TPSA) is 53.0 Å². The third-order valence-electron chi connectivity index (χ3n) is 5.09. The molecule has 0 aromatic heterocycles. The van der Waals surface area contributed by atoms with Gasteiger partial charge in [-0.2, -0.15) is 0 Å². The van der Waals surface area contributed by atoms with Crippen LogP contribution in [0.15, 0.2) is 60.7 Å². The van der Waals surface area contributed by atoms with Crippen LogP contribution in [-0.2, 0) is 0 Å². The van der Waals surface area contributed by atoms with Gasteiger partial charge in [0.15, 0.2) is 0 Å². The fraction of sp³-hybridized carbons (Fsp3) is 0.227. The molecule has 0 aliphatic carbocycles. The van der Waals surface area contributed by atoms with E-state index in [2.05, 4.69) is 4.90 Å². The molecule has 138 valence electrons. The van der Waals surface area contributed by atoms with Gasteiger partial charge in [-0.3, -0.25) is 4.79 Å². The number of benzene rings is 3. The number of amides is 1. The second-order valence-electron chi connectivity index (χ2n) is 6.67. The van der Waals surface area contributed by atoms with Gasteiger partial charge in [0.2, 0.25) is 0 Å². The lowest BCUT2D eigenvalue weighted by Crippen LogP contribution is -2.48. The van der Waals surface area contributed by atoms with E-state index in [1.165, 1.54) is 0 Å². The molecule has 3 aromatic carbocycles. The van der Waals surface area contributed by atoms with Crippen LogP contribution >= 0.6 is 0 Å². The molecule has 5 heteroatoms. The lowest BCUT2D eigenvalue weighted by Gasteiger charge is -2.36. The standard InChI is InChI=1S/C22H22N2O3/c1-27-21-15-17-7-3-2-6-16(17)14-18(21)22(26)24-12-10-23(11-13-24)19-8-4-5-9-20(19)25/h2-9,14-15,25H,10-13H2,1H3. The zero-order valence-electron chi connectivity index (χ0n) is 15.3. The summed E-state index contributed by atoms with van der Waals surface area (Å²) in [5.41, 5.74) is 1.40. The van der Waals surface area contributed by atoms with Gasteiger partial charge in [-0.1, -0.05) is 36.4 Å². The fourth-order valence-electron chi connectivity index (χ4n) is 3.61. The molecule has 3 aromatic rings. The number of phenolic OH excluding ortho intramolecular Hbond substituents is 1. The summed E-state index contributed by atoms with van der Waals surface area (Å²) in [4.78, 5) is 17.1. The van der Waals surface area contributed by atoms with Crippen molar-refractivity contribution in [3.8, 4) is 11.5 Å². The van der Waals surface area contributed by atoms with E-state index in [-0.39, 0.29) is 11.7 Å². The van der Waals surface area contributed by atoms with Crippen molar-refractivity contribution >= 4 is 22.4 Å². The van der Waals surface area contributed by atoms with Crippen molar-refractivity contribution < 1.29 is 14.6 Å². The maximum atomic E-state index is 13.1. The number of para-hydroxylation sites is 2. The summed E-state index contributed by atoms with van der Waals surface area (Å²) < 4.78 is 5.48. The van der Waals surface area contributed by atoms with E-state index < -0.39 is 0 Å². The van der Waals surface area contributed by atoms with Crippen LogP contribution in [0.5, 0.6) is 11.5 Å². The van der Waals surface area contributed by atoms with Gasteiger partial charge >= 0.3 is 0 Å². The van der Waals surface area contributed by atoms with Crippen LogP contribution in [-0.4, -0.2) is 49.2 Å². The first-order valence-corrected chi connectivity index (χ1v) is 9.06. The predicted molar refractivity (Wildman–Crippen MR) is 107 cm³/mol. The van der Waals surface area contributed by atoms with E-state index in [4.69, 9.17) is 4.74 Å². The molecule has 1 heterocycles. The maximum absolute atomic E-state index is 13.1. The van der Waals surface area contributed by atoms with Crippen LogP contribution in [0.1, 0.15) is 10.4 Å². The maximum Gasteiger partial charge on any atom is 0.257 e. The molecule has 1 amide bonds. The van der Waals surface area contributed by atoms with Crippen molar-refractivity contribution in [3.63, 3.8) is 0 Å². The fourth-order valence-corrected chi connectivity index (χ4v) is 3.61. The van der Waals surface area contributed by atoms with E-state index in [9.17, 15) is 9.90 Å².